The zero-order valence-electron chi connectivity index (χ0n) is 9.59. The maximum atomic E-state index is 11.4. The van der Waals surface area contributed by atoms with E-state index in [9.17, 15) is 4.79 Å². The predicted octanol–water partition coefficient (Wildman–Crippen LogP) is 0.655. The molecular formula is C10H22N2O2. The van der Waals surface area contributed by atoms with Gasteiger partial charge in [-0.25, -0.2) is 0 Å². The Labute approximate surface area is 86.2 Å². The van der Waals surface area contributed by atoms with Crippen LogP contribution in [-0.2, 0) is 9.53 Å². The molecule has 0 aromatic rings. The summed E-state index contributed by atoms with van der Waals surface area (Å²) in [6.45, 7) is 8.73. The van der Waals surface area contributed by atoms with Crippen molar-refractivity contribution in [3.8, 4) is 0 Å². The van der Waals surface area contributed by atoms with Crippen LogP contribution in [0.5, 0.6) is 0 Å². The van der Waals surface area contributed by atoms with Gasteiger partial charge in [-0.15, -0.1) is 0 Å². The third-order valence-electron chi connectivity index (χ3n) is 1.60. The van der Waals surface area contributed by atoms with Crippen LogP contribution < -0.4 is 11.1 Å². The zero-order chi connectivity index (χ0) is 11.2. The van der Waals surface area contributed by atoms with Gasteiger partial charge in [0.15, 0.2) is 0 Å². The van der Waals surface area contributed by atoms with Gasteiger partial charge in [0.05, 0.1) is 6.61 Å². The van der Waals surface area contributed by atoms with E-state index < -0.39 is 5.54 Å². The fraction of sp³-hybridized carbons (Fsp3) is 0.900. The molecule has 0 radical (unpaired) electrons. The fourth-order valence-corrected chi connectivity index (χ4v) is 1.08. The van der Waals surface area contributed by atoms with E-state index in [4.69, 9.17) is 10.5 Å². The molecule has 0 aliphatic heterocycles. The Morgan fingerprint density at radius 3 is 2.57 bits per heavy atom. The van der Waals surface area contributed by atoms with Crippen molar-refractivity contribution in [2.75, 3.05) is 13.2 Å². The van der Waals surface area contributed by atoms with Crippen LogP contribution in [-0.4, -0.2) is 30.7 Å². The first kappa shape index (κ1) is 13.4. The molecule has 14 heavy (non-hydrogen) atoms. The van der Waals surface area contributed by atoms with Crippen LogP contribution in [0.25, 0.3) is 0 Å². The molecule has 0 heterocycles. The number of amides is 1. The van der Waals surface area contributed by atoms with Crippen molar-refractivity contribution in [3.63, 3.8) is 0 Å². The molecule has 4 heteroatoms. The molecule has 0 saturated carbocycles. The average Bonchev–Trinajstić information content (AvgIpc) is 1.96. The maximum absolute atomic E-state index is 11.4. The molecule has 0 bridgehead atoms. The molecule has 0 aromatic heterocycles. The molecule has 4 nitrogen and oxygen atoms in total. The standard InChI is InChI=1S/C10H22N2O2/c1-5-14-7-8(2)12-9(13)6-10(3,4)11/h8H,5-7,11H2,1-4H3,(H,12,13). The number of carbonyl (C=O) groups excluding carboxylic acids is 1. The van der Waals surface area contributed by atoms with Crippen molar-refractivity contribution in [3.05, 3.63) is 0 Å². The number of hydrogen-bond donors (Lipinski definition) is 2. The summed E-state index contributed by atoms with van der Waals surface area (Å²) in [5.74, 6) is -0.0234. The van der Waals surface area contributed by atoms with E-state index in [-0.39, 0.29) is 11.9 Å². The minimum Gasteiger partial charge on any atom is -0.380 e. The lowest BCUT2D eigenvalue weighted by Gasteiger charge is -2.20. The summed E-state index contributed by atoms with van der Waals surface area (Å²) in [6.07, 6.45) is 0.337. The molecule has 0 spiro atoms. The summed E-state index contributed by atoms with van der Waals surface area (Å²) in [5, 5.41) is 2.83. The number of nitrogens with one attached hydrogen (secondary N) is 1. The number of hydrogen-bond acceptors (Lipinski definition) is 3. The Balaban J connectivity index is 3.71. The van der Waals surface area contributed by atoms with Gasteiger partial charge in [0.25, 0.3) is 0 Å². The maximum Gasteiger partial charge on any atom is 0.222 e. The van der Waals surface area contributed by atoms with Gasteiger partial charge >= 0.3 is 0 Å². The average molecular weight is 202 g/mol. The summed E-state index contributed by atoms with van der Waals surface area (Å²) >= 11 is 0. The summed E-state index contributed by atoms with van der Waals surface area (Å²) in [6, 6.07) is 0.0461. The third-order valence-corrected chi connectivity index (χ3v) is 1.60. The van der Waals surface area contributed by atoms with Gasteiger partial charge in [0.1, 0.15) is 0 Å². The van der Waals surface area contributed by atoms with Crippen molar-refractivity contribution in [2.45, 2.75) is 45.7 Å². The lowest BCUT2D eigenvalue weighted by Crippen LogP contribution is -2.43. The lowest BCUT2D eigenvalue weighted by molar-refractivity contribution is -0.123. The van der Waals surface area contributed by atoms with E-state index in [2.05, 4.69) is 5.32 Å². The Kier molecular flexibility index (Phi) is 5.72. The minimum absolute atomic E-state index is 0.0234. The SMILES string of the molecule is CCOCC(C)NC(=O)CC(C)(C)N. The molecule has 1 unspecified atom stereocenters. The van der Waals surface area contributed by atoms with Crippen LogP contribution in [0.2, 0.25) is 0 Å². The van der Waals surface area contributed by atoms with Gasteiger partial charge < -0.3 is 15.8 Å². The van der Waals surface area contributed by atoms with Crippen LogP contribution in [0.15, 0.2) is 0 Å². The van der Waals surface area contributed by atoms with Crippen LogP contribution in [0, 0.1) is 0 Å². The third kappa shape index (κ3) is 8.01. The Morgan fingerprint density at radius 1 is 1.57 bits per heavy atom. The first-order chi connectivity index (χ1) is 6.35. The van der Waals surface area contributed by atoms with Crippen molar-refractivity contribution >= 4 is 5.91 Å². The molecule has 3 N–H and O–H groups in total. The number of rotatable bonds is 6. The topological polar surface area (TPSA) is 64.3 Å². The number of nitrogens with two attached hydrogens (primary N) is 1. The van der Waals surface area contributed by atoms with E-state index in [1.165, 1.54) is 0 Å². The van der Waals surface area contributed by atoms with Crippen molar-refractivity contribution in [1.82, 2.24) is 5.32 Å². The Bertz CT molecular complexity index is 175. The molecule has 0 aromatic carbocycles. The molecule has 0 fully saturated rings. The van der Waals surface area contributed by atoms with E-state index in [0.717, 1.165) is 0 Å². The molecular weight excluding hydrogens is 180 g/mol. The summed E-state index contributed by atoms with van der Waals surface area (Å²) in [5.41, 5.74) is 5.27. The van der Waals surface area contributed by atoms with Gasteiger partial charge in [0.2, 0.25) is 5.91 Å². The second-order valence-corrected chi connectivity index (χ2v) is 4.29. The molecule has 84 valence electrons. The smallest absolute Gasteiger partial charge is 0.222 e. The highest BCUT2D eigenvalue weighted by atomic mass is 16.5. The molecule has 0 rings (SSSR count). The van der Waals surface area contributed by atoms with Crippen molar-refractivity contribution < 1.29 is 9.53 Å². The predicted molar refractivity (Wildman–Crippen MR) is 57.0 cm³/mol. The second kappa shape index (κ2) is 5.98. The van der Waals surface area contributed by atoms with Gasteiger partial charge in [-0.2, -0.15) is 0 Å². The van der Waals surface area contributed by atoms with E-state index >= 15 is 0 Å². The van der Waals surface area contributed by atoms with E-state index in [0.29, 0.717) is 19.6 Å². The zero-order valence-corrected chi connectivity index (χ0v) is 9.59. The molecule has 0 aliphatic carbocycles. The van der Waals surface area contributed by atoms with Crippen molar-refractivity contribution in [2.24, 2.45) is 5.73 Å². The summed E-state index contributed by atoms with van der Waals surface area (Å²) in [4.78, 5) is 11.4. The summed E-state index contributed by atoms with van der Waals surface area (Å²) < 4.78 is 5.18. The normalized spacial score (nSPS) is 13.8. The highest BCUT2D eigenvalue weighted by Gasteiger charge is 2.17. The largest absolute Gasteiger partial charge is 0.380 e. The fourth-order valence-electron chi connectivity index (χ4n) is 1.08. The minimum atomic E-state index is -0.449. The van der Waals surface area contributed by atoms with Gasteiger partial charge in [-0.1, -0.05) is 0 Å². The lowest BCUT2D eigenvalue weighted by atomic mass is 10.0. The van der Waals surface area contributed by atoms with Crippen LogP contribution in [0.1, 0.15) is 34.1 Å². The van der Waals surface area contributed by atoms with E-state index in [1.54, 1.807) is 0 Å². The van der Waals surface area contributed by atoms with Gasteiger partial charge in [-0.05, 0) is 27.7 Å². The van der Waals surface area contributed by atoms with Crippen LogP contribution in [0.4, 0.5) is 0 Å². The first-order valence-corrected chi connectivity index (χ1v) is 5.01. The molecule has 1 atom stereocenters. The van der Waals surface area contributed by atoms with E-state index in [1.807, 2.05) is 27.7 Å². The summed E-state index contributed by atoms with van der Waals surface area (Å²) in [7, 11) is 0. The van der Waals surface area contributed by atoms with Gasteiger partial charge in [0, 0.05) is 24.6 Å². The van der Waals surface area contributed by atoms with Crippen LogP contribution >= 0.6 is 0 Å². The van der Waals surface area contributed by atoms with Crippen molar-refractivity contribution in [1.29, 1.82) is 0 Å². The number of ether oxygens (including phenoxy) is 1. The monoisotopic (exact) mass is 202 g/mol. The van der Waals surface area contributed by atoms with Crippen LogP contribution in [0.3, 0.4) is 0 Å². The Morgan fingerprint density at radius 2 is 2.14 bits per heavy atom. The highest BCUT2D eigenvalue weighted by Crippen LogP contribution is 2.02. The first-order valence-electron chi connectivity index (χ1n) is 5.01. The molecule has 1 amide bonds. The van der Waals surface area contributed by atoms with Gasteiger partial charge in [-0.3, -0.25) is 4.79 Å². The highest BCUT2D eigenvalue weighted by molar-refractivity contribution is 5.77. The molecule has 0 aliphatic rings. The Hall–Kier alpha value is -0.610. The second-order valence-electron chi connectivity index (χ2n) is 4.29. The number of carbonyl (C=O) groups is 1. The molecule has 0 saturated heterocycles. The quantitative estimate of drug-likeness (QED) is 0.665.